The fraction of sp³-hybridized carbons (Fsp3) is 0.400. The molecule has 2 rings (SSSR count). The lowest BCUT2D eigenvalue weighted by Gasteiger charge is -2.18. The number of nitrogens with one attached hydrogen (secondary N) is 2. The Morgan fingerprint density at radius 3 is 2.57 bits per heavy atom. The van der Waals surface area contributed by atoms with Crippen LogP contribution in [0.1, 0.15) is 25.5 Å². The summed E-state index contributed by atoms with van der Waals surface area (Å²) in [6, 6.07) is 11.1. The highest BCUT2D eigenvalue weighted by Gasteiger charge is 2.09. The zero-order valence-corrected chi connectivity index (χ0v) is 18.8. The van der Waals surface area contributed by atoms with E-state index in [1.807, 2.05) is 38.1 Å². The highest BCUT2D eigenvalue weighted by Crippen LogP contribution is 2.19. The fourth-order valence-corrected chi connectivity index (χ4v) is 2.40. The van der Waals surface area contributed by atoms with Gasteiger partial charge in [-0.1, -0.05) is 6.07 Å². The normalized spacial score (nSPS) is 13.1. The van der Waals surface area contributed by atoms with Gasteiger partial charge in [0.1, 0.15) is 17.6 Å². The van der Waals surface area contributed by atoms with Crippen LogP contribution in [0.5, 0.6) is 11.5 Å². The van der Waals surface area contributed by atoms with Crippen molar-refractivity contribution >= 4 is 29.9 Å². The van der Waals surface area contributed by atoms with Gasteiger partial charge in [0.05, 0.1) is 26.3 Å². The first-order valence-corrected chi connectivity index (χ1v) is 9.03. The van der Waals surface area contributed by atoms with Crippen molar-refractivity contribution in [3.05, 3.63) is 54.4 Å². The number of hydrogen-bond donors (Lipinski definition) is 3. The number of benzene rings is 1. The molecule has 2 atom stereocenters. The highest BCUT2D eigenvalue weighted by atomic mass is 127. The predicted molar refractivity (Wildman–Crippen MR) is 122 cm³/mol. The smallest absolute Gasteiger partial charge is 0.191 e. The van der Waals surface area contributed by atoms with Crippen LogP contribution in [0.3, 0.4) is 0 Å². The first-order valence-electron chi connectivity index (χ1n) is 9.03. The first-order chi connectivity index (χ1) is 13.1. The molecule has 0 spiro atoms. The molecule has 8 heteroatoms. The zero-order valence-electron chi connectivity index (χ0n) is 16.5. The molecule has 1 aromatic carbocycles. The quantitative estimate of drug-likeness (QED) is 0.279. The Balaban J connectivity index is 0.00000392. The highest BCUT2D eigenvalue weighted by molar-refractivity contribution is 14.0. The molecule has 2 unspecified atom stereocenters. The van der Waals surface area contributed by atoms with E-state index in [4.69, 9.17) is 9.47 Å². The number of halogens is 1. The van der Waals surface area contributed by atoms with Crippen molar-refractivity contribution in [3.63, 3.8) is 0 Å². The zero-order chi connectivity index (χ0) is 19.5. The van der Waals surface area contributed by atoms with Crippen LogP contribution < -0.4 is 20.1 Å². The number of nitrogens with zero attached hydrogens (tertiary/aromatic N) is 2. The third-order valence-corrected chi connectivity index (χ3v) is 3.79. The molecule has 28 heavy (non-hydrogen) atoms. The minimum atomic E-state index is -0.672. The number of hydrogen-bond acceptors (Lipinski definition) is 5. The molecule has 0 aliphatic rings. The minimum Gasteiger partial charge on any atom is -0.497 e. The van der Waals surface area contributed by atoms with Crippen molar-refractivity contribution < 1.29 is 14.6 Å². The monoisotopic (exact) mass is 500 g/mol. The summed E-state index contributed by atoms with van der Waals surface area (Å²) in [5.74, 6) is 2.14. The summed E-state index contributed by atoms with van der Waals surface area (Å²) < 4.78 is 11.1. The van der Waals surface area contributed by atoms with E-state index >= 15 is 0 Å². The van der Waals surface area contributed by atoms with Crippen molar-refractivity contribution in [2.24, 2.45) is 4.99 Å². The summed E-state index contributed by atoms with van der Waals surface area (Å²) in [6.07, 6.45) is 2.56. The van der Waals surface area contributed by atoms with Crippen LogP contribution in [0.2, 0.25) is 0 Å². The topological polar surface area (TPSA) is 88.0 Å². The summed E-state index contributed by atoms with van der Waals surface area (Å²) >= 11 is 0. The number of guanidine groups is 1. The molecule has 0 radical (unpaired) electrons. The Kier molecular flexibility index (Phi) is 11.3. The summed E-state index contributed by atoms with van der Waals surface area (Å²) in [4.78, 5) is 8.40. The lowest BCUT2D eigenvalue weighted by Crippen LogP contribution is -2.42. The van der Waals surface area contributed by atoms with Crippen molar-refractivity contribution in [1.29, 1.82) is 0 Å². The molecular formula is C20H29IN4O3. The molecule has 1 aromatic heterocycles. The van der Waals surface area contributed by atoms with E-state index in [0.717, 1.165) is 23.6 Å². The third kappa shape index (κ3) is 8.30. The van der Waals surface area contributed by atoms with Crippen LogP contribution in [-0.4, -0.2) is 48.9 Å². The second-order valence-electron chi connectivity index (χ2n) is 6.00. The molecular weight excluding hydrogens is 471 g/mol. The second-order valence-corrected chi connectivity index (χ2v) is 6.00. The largest absolute Gasteiger partial charge is 0.497 e. The van der Waals surface area contributed by atoms with Gasteiger partial charge >= 0.3 is 0 Å². The van der Waals surface area contributed by atoms with Gasteiger partial charge in [0.15, 0.2) is 5.96 Å². The van der Waals surface area contributed by atoms with Crippen molar-refractivity contribution in [2.75, 3.05) is 26.7 Å². The van der Waals surface area contributed by atoms with Gasteiger partial charge in [-0.05, 0) is 43.7 Å². The number of ether oxygens (including phenoxy) is 2. The molecule has 154 valence electrons. The van der Waals surface area contributed by atoms with E-state index in [-0.39, 0.29) is 36.6 Å². The van der Waals surface area contributed by atoms with Gasteiger partial charge in [-0.2, -0.15) is 0 Å². The SMILES string of the molecule is CCNC(=NCC(O)c1ccncc1)NCC(C)Oc1cccc(OC)c1.I. The Bertz CT molecular complexity index is 716. The lowest BCUT2D eigenvalue weighted by atomic mass is 10.1. The summed E-state index contributed by atoms with van der Waals surface area (Å²) in [6.45, 7) is 5.51. The van der Waals surface area contributed by atoms with E-state index in [0.29, 0.717) is 12.5 Å². The van der Waals surface area contributed by atoms with Crippen LogP contribution in [0.15, 0.2) is 53.8 Å². The number of pyridine rings is 1. The van der Waals surface area contributed by atoms with Crippen molar-refractivity contribution in [3.8, 4) is 11.5 Å². The van der Waals surface area contributed by atoms with Crippen LogP contribution in [0, 0.1) is 0 Å². The Morgan fingerprint density at radius 2 is 1.89 bits per heavy atom. The fourth-order valence-electron chi connectivity index (χ4n) is 2.40. The average Bonchev–Trinajstić information content (AvgIpc) is 2.70. The molecule has 0 bridgehead atoms. The molecule has 0 fully saturated rings. The Labute approximate surface area is 183 Å². The van der Waals surface area contributed by atoms with Crippen LogP contribution in [0.25, 0.3) is 0 Å². The number of aliphatic hydroxyl groups is 1. The number of aliphatic hydroxyl groups excluding tert-OH is 1. The molecule has 0 aliphatic carbocycles. The molecule has 2 aromatic rings. The Hall–Kier alpha value is -2.07. The number of rotatable bonds is 9. The van der Waals surface area contributed by atoms with Gasteiger partial charge in [0.25, 0.3) is 0 Å². The first kappa shape index (κ1) is 24.0. The molecule has 3 N–H and O–H groups in total. The molecule has 1 heterocycles. The maximum atomic E-state index is 10.2. The summed E-state index contributed by atoms with van der Waals surface area (Å²) in [7, 11) is 1.63. The Morgan fingerprint density at radius 1 is 1.18 bits per heavy atom. The van der Waals surface area contributed by atoms with E-state index in [1.54, 1.807) is 31.6 Å². The molecule has 0 amide bonds. The van der Waals surface area contributed by atoms with E-state index in [2.05, 4.69) is 20.6 Å². The molecule has 7 nitrogen and oxygen atoms in total. The van der Waals surface area contributed by atoms with Gasteiger partial charge in [-0.15, -0.1) is 24.0 Å². The van der Waals surface area contributed by atoms with Crippen LogP contribution >= 0.6 is 24.0 Å². The number of methoxy groups -OCH3 is 1. The lowest BCUT2D eigenvalue weighted by molar-refractivity contribution is 0.187. The molecule has 0 aliphatic heterocycles. The van der Waals surface area contributed by atoms with Gasteiger partial charge in [0, 0.05) is 25.0 Å². The van der Waals surface area contributed by atoms with Gasteiger partial charge in [0.2, 0.25) is 0 Å². The number of aromatic nitrogens is 1. The average molecular weight is 500 g/mol. The van der Waals surface area contributed by atoms with Gasteiger partial charge < -0.3 is 25.2 Å². The van der Waals surface area contributed by atoms with Gasteiger partial charge in [-0.25, -0.2) is 0 Å². The minimum absolute atomic E-state index is 0. The van der Waals surface area contributed by atoms with Crippen LogP contribution in [-0.2, 0) is 0 Å². The van der Waals surface area contributed by atoms with Crippen molar-refractivity contribution in [2.45, 2.75) is 26.1 Å². The summed E-state index contributed by atoms with van der Waals surface area (Å²) in [5.41, 5.74) is 0.791. The predicted octanol–water partition coefficient (Wildman–Crippen LogP) is 2.76. The summed E-state index contributed by atoms with van der Waals surface area (Å²) in [5, 5.41) is 16.6. The standard InChI is InChI=1S/C20H28N4O3.HI/c1-4-22-20(24-14-19(25)16-8-10-21-11-9-16)23-13-15(2)27-18-7-5-6-17(12-18)26-3;/h5-12,15,19,25H,4,13-14H2,1-3H3,(H2,22,23,24);1H. The van der Waals surface area contributed by atoms with E-state index in [9.17, 15) is 5.11 Å². The van der Waals surface area contributed by atoms with Gasteiger partial charge in [-0.3, -0.25) is 9.98 Å². The van der Waals surface area contributed by atoms with E-state index < -0.39 is 6.10 Å². The van der Waals surface area contributed by atoms with Crippen LogP contribution in [0.4, 0.5) is 0 Å². The second kappa shape index (κ2) is 13.2. The van der Waals surface area contributed by atoms with Crippen molar-refractivity contribution in [1.82, 2.24) is 15.6 Å². The maximum Gasteiger partial charge on any atom is 0.191 e. The number of aliphatic imine (C=N–C) groups is 1. The molecule has 0 saturated heterocycles. The molecule has 0 saturated carbocycles. The third-order valence-electron chi connectivity index (χ3n) is 3.79. The maximum absolute atomic E-state index is 10.2. The van der Waals surface area contributed by atoms with E-state index in [1.165, 1.54) is 0 Å².